The van der Waals surface area contributed by atoms with Gasteiger partial charge in [0.05, 0.1) is 0 Å². The van der Waals surface area contributed by atoms with Gasteiger partial charge >= 0.3 is 0 Å². The second-order valence-corrected chi connectivity index (χ2v) is 4.12. The van der Waals surface area contributed by atoms with Crippen LogP contribution in [-0.4, -0.2) is 32.2 Å². The second-order valence-electron chi connectivity index (χ2n) is 4.12. The van der Waals surface area contributed by atoms with E-state index < -0.39 is 0 Å². The van der Waals surface area contributed by atoms with Crippen molar-refractivity contribution < 1.29 is 0 Å². The highest BCUT2D eigenvalue weighted by atomic mass is 15.1. The van der Waals surface area contributed by atoms with Crippen LogP contribution in [0.3, 0.4) is 0 Å². The van der Waals surface area contributed by atoms with Crippen LogP contribution in [0.1, 0.15) is 0 Å². The summed E-state index contributed by atoms with van der Waals surface area (Å²) in [4.78, 5) is 6.35. The Balaban J connectivity index is 2.44. The molecule has 1 heterocycles. The number of nitrogens with zero attached hydrogens (tertiary/aromatic N) is 2. The highest BCUT2D eigenvalue weighted by molar-refractivity contribution is 6.00. The summed E-state index contributed by atoms with van der Waals surface area (Å²) >= 11 is 0. The average Bonchev–Trinajstić information content (AvgIpc) is 2.37. The molecule has 0 aliphatic heterocycles. The van der Waals surface area contributed by atoms with E-state index in [1.807, 2.05) is 25.4 Å². The first-order valence-electron chi connectivity index (χ1n) is 5.72. The first kappa shape index (κ1) is 11.7. The molecule has 0 radical (unpaired) electrons. The van der Waals surface area contributed by atoms with Crippen LogP contribution in [-0.2, 0) is 0 Å². The molecule has 0 aliphatic rings. The van der Waals surface area contributed by atoms with Crippen LogP contribution >= 0.6 is 0 Å². The molecule has 0 atom stereocenters. The number of hydrogen-bond acceptors (Lipinski definition) is 4. The molecule has 4 nitrogen and oxygen atoms in total. The Morgan fingerprint density at radius 2 is 2.12 bits per heavy atom. The number of likely N-dealkylation sites (N-methyl/N-ethyl adjacent to an activating group) is 2. The summed E-state index contributed by atoms with van der Waals surface area (Å²) in [6, 6.07) is 6.01. The summed E-state index contributed by atoms with van der Waals surface area (Å²) in [6.45, 7) is 1.91. The molecule has 0 bridgehead atoms. The molecular formula is C13H18N4. The fourth-order valence-corrected chi connectivity index (χ4v) is 1.93. The van der Waals surface area contributed by atoms with Crippen molar-refractivity contribution in [2.75, 3.05) is 37.8 Å². The van der Waals surface area contributed by atoms with Crippen LogP contribution in [0.2, 0.25) is 0 Å². The Morgan fingerprint density at radius 3 is 2.88 bits per heavy atom. The van der Waals surface area contributed by atoms with E-state index in [0.717, 1.165) is 29.5 Å². The van der Waals surface area contributed by atoms with Gasteiger partial charge in [0.1, 0.15) is 0 Å². The van der Waals surface area contributed by atoms with Gasteiger partial charge in [-0.2, -0.15) is 0 Å². The maximum atomic E-state index is 5.95. The van der Waals surface area contributed by atoms with Crippen molar-refractivity contribution in [3.63, 3.8) is 0 Å². The molecule has 0 unspecified atom stereocenters. The van der Waals surface area contributed by atoms with Crippen molar-refractivity contribution in [3.05, 3.63) is 30.6 Å². The van der Waals surface area contributed by atoms with Crippen molar-refractivity contribution >= 4 is 22.1 Å². The molecular weight excluding hydrogens is 212 g/mol. The van der Waals surface area contributed by atoms with Crippen LogP contribution in [0.15, 0.2) is 30.6 Å². The summed E-state index contributed by atoms with van der Waals surface area (Å²) in [5.41, 5.74) is 7.92. The zero-order valence-corrected chi connectivity index (χ0v) is 10.3. The highest BCUT2D eigenvalue weighted by Gasteiger charge is 2.07. The zero-order chi connectivity index (χ0) is 12.3. The van der Waals surface area contributed by atoms with Crippen LogP contribution < -0.4 is 16.0 Å². The molecule has 1 aromatic carbocycles. The first-order valence-corrected chi connectivity index (χ1v) is 5.72. The largest absolute Gasteiger partial charge is 0.398 e. The fraction of sp³-hybridized carbons (Fsp3) is 0.308. The predicted octanol–water partition coefficient (Wildman–Crippen LogP) is 1.47. The lowest BCUT2D eigenvalue weighted by molar-refractivity contribution is 0.769. The predicted molar refractivity (Wildman–Crippen MR) is 73.4 cm³/mol. The summed E-state index contributed by atoms with van der Waals surface area (Å²) in [6.07, 6.45) is 3.62. The van der Waals surface area contributed by atoms with Gasteiger partial charge < -0.3 is 16.0 Å². The molecule has 0 fully saturated rings. The van der Waals surface area contributed by atoms with Crippen molar-refractivity contribution in [1.82, 2.24) is 10.3 Å². The van der Waals surface area contributed by atoms with Crippen LogP contribution in [0.25, 0.3) is 10.8 Å². The number of nitrogens with two attached hydrogens (primary N) is 1. The molecule has 0 saturated carbocycles. The van der Waals surface area contributed by atoms with Gasteiger partial charge in [-0.3, -0.25) is 4.98 Å². The van der Waals surface area contributed by atoms with E-state index in [2.05, 4.69) is 28.3 Å². The van der Waals surface area contributed by atoms with Crippen LogP contribution in [0.5, 0.6) is 0 Å². The minimum absolute atomic E-state index is 0.777. The molecule has 0 spiro atoms. The Morgan fingerprint density at radius 1 is 1.29 bits per heavy atom. The third-order valence-corrected chi connectivity index (χ3v) is 2.94. The molecule has 2 rings (SSSR count). The third kappa shape index (κ3) is 2.31. The van der Waals surface area contributed by atoms with Gasteiger partial charge in [-0.1, -0.05) is 0 Å². The number of aromatic nitrogens is 1. The van der Waals surface area contributed by atoms with E-state index in [0.29, 0.717) is 0 Å². The third-order valence-electron chi connectivity index (χ3n) is 2.94. The van der Waals surface area contributed by atoms with Crippen molar-refractivity contribution in [2.24, 2.45) is 0 Å². The van der Waals surface area contributed by atoms with Gasteiger partial charge in [-0.15, -0.1) is 0 Å². The molecule has 3 N–H and O–H groups in total. The lowest BCUT2D eigenvalue weighted by atomic mass is 10.1. The van der Waals surface area contributed by atoms with Gasteiger partial charge in [0.25, 0.3) is 0 Å². The minimum atomic E-state index is 0.777. The summed E-state index contributed by atoms with van der Waals surface area (Å²) in [7, 11) is 4.04. The number of nitrogens with one attached hydrogen (secondary N) is 1. The van der Waals surface area contributed by atoms with Crippen molar-refractivity contribution in [3.8, 4) is 0 Å². The topological polar surface area (TPSA) is 54.2 Å². The Kier molecular flexibility index (Phi) is 3.44. The van der Waals surface area contributed by atoms with E-state index in [4.69, 9.17) is 5.73 Å². The van der Waals surface area contributed by atoms with Crippen LogP contribution in [0.4, 0.5) is 11.4 Å². The van der Waals surface area contributed by atoms with Gasteiger partial charge in [0.2, 0.25) is 0 Å². The molecule has 4 heteroatoms. The zero-order valence-electron chi connectivity index (χ0n) is 10.3. The van der Waals surface area contributed by atoms with Gasteiger partial charge in [0.15, 0.2) is 0 Å². The Bertz CT molecular complexity index is 510. The number of benzene rings is 1. The first-order chi connectivity index (χ1) is 8.24. The number of anilines is 2. The number of hydrogen-bond donors (Lipinski definition) is 2. The number of fused-ring (bicyclic) bond motifs is 1. The molecule has 90 valence electrons. The monoisotopic (exact) mass is 230 g/mol. The SMILES string of the molecule is CNCCN(C)c1ccc(N)c2cnccc12. The van der Waals surface area contributed by atoms with E-state index in [-0.39, 0.29) is 0 Å². The maximum absolute atomic E-state index is 5.95. The van der Waals surface area contributed by atoms with Gasteiger partial charge in [-0.05, 0) is 25.2 Å². The lowest BCUT2D eigenvalue weighted by Gasteiger charge is -2.21. The number of pyridine rings is 1. The Labute approximate surface area is 101 Å². The smallest absolute Gasteiger partial charge is 0.0446 e. The number of rotatable bonds is 4. The van der Waals surface area contributed by atoms with Crippen molar-refractivity contribution in [2.45, 2.75) is 0 Å². The van der Waals surface area contributed by atoms with E-state index >= 15 is 0 Å². The van der Waals surface area contributed by atoms with Crippen LogP contribution in [0, 0.1) is 0 Å². The highest BCUT2D eigenvalue weighted by Crippen LogP contribution is 2.29. The van der Waals surface area contributed by atoms with Gasteiger partial charge in [0, 0.05) is 54.7 Å². The summed E-state index contributed by atoms with van der Waals surface area (Å²) in [5.74, 6) is 0. The minimum Gasteiger partial charge on any atom is -0.398 e. The molecule has 2 aromatic rings. The lowest BCUT2D eigenvalue weighted by Crippen LogP contribution is -2.27. The number of nitrogen functional groups attached to an aromatic ring is 1. The molecule has 1 aromatic heterocycles. The standard InChI is InChI=1S/C13H18N4/c1-15-7-8-17(2)13-4-3-12(14)11-9-16-6-5-10(11)13/h3-6,9,15H,7-8,14H2,1-2H3. The van der Waals surface area contributed by atoms with E-state index in [9.17, 15) is 0 Å². The summed E-state index contributed by atoms with van der Waals surface area (Å²) in [5, 5.41) is 5.32. The Hall–Kier alpha value is -1.81. The summed E-state index contributed by atoms with van der Waals surface area (Å²) < 4.78 is 0. The average molecular weight is 230 g/mol. The normalized spacial score (nSPS) is 10.7. The molecule has 0 amide bonds. The fourth-order valence-electron chi connectivity index (χ4n) is 1.93. The van der Waals surface area contributed by atoms with E-state index in [1.165, 1.54) is 5.69 Å². The quantitative estimate of drug-likeness (QED) is 0.781. The van der Waals surface area contributed by atoms with Crippen molar-refractivity contribution in [1.29, 1.82) is 0 Å². The maximum Gasteiger partial charge on any atom is 0.0446 e. The molecule has 0 aliphatic carbocycles. The molecule has 17 heavy (non-hydrogen) atoms. The molecule has 0 saturated heterocycles. The second kappa shape index (κ2) is 5.01. The van der Waals surface area contributed by atoms with E-state index in [1.54, 1.807) is 6.20 Å². The van der Waals surface area contributed by atoms with Gasteiger partial charge in [-0.25, -0.2) is 0 Å².